The Balaban J connectivity index is 2.07. The van der Waals surface area contributed by atoms with Crippen molar-refractivity contribution in [3.05, 3.63) is 35.9 Å². The summed E-state index contributed by atoms with van der Waals surface area (Å²) in [5, 5.41) is 2.79. The van der Waals surface area contributed by atoms with Gasteiger partial charge < -0.3 is 16.0 Å². The standard InChI is InChI=1S/C21H34N4O4S2/c1-24-11-6-12-25(14-13-24)31(28,29)16-9-19(26)23-21(20(22)27,10-15-30-2)17-18-7-4-3-5-8-18/h3-5,7-8H,6,9-17H2,1-2H3,(H2,22,27)(H,23,26)/t21-/m1/s1. The van der Waals surface area contributed by atoms with Gasteiger partial charge in [-0.15, -0.1) is 0 Å². The minimum atomic E-state index is -3.55. The molecule has 2 rings (SSSR count). The summed E-state index contributed by atoms with van der Waals surface area (Å²) in [4.78, 5) is 27.3. The van der Waals surface area contributed by atoms with Crippen molar-refractivity contribution in [2.45, 2.75) is 31.2 Å². The van der Waals surface area contributed by atoms with Crippen LogP contribution in [0.5, 0.6) is 0 Å². The van der Waals surface area contributed by atoms with Crippen molar-refractivity contribution in [3.8, 4) is 0 Å². The van der Waals surface area contributed by atoms with Crippen LogP contribution in [0.15, 0.2) is 30.3 Å². The van der Waals surface area contributed by atoms with Crippen molar-refractivity contribution in [2.24, 2.45) is 5.73 Å². The molecular weight excluding hydrogens is 436 g/mol. The second kappa shape index (κ2) is 11.8. The monoisotopic (exact) mass is 470 g/mol. The fourth-order valence-corrected chi connectivity index (χ4v) is 5.69. The second-order valence-corrected chi connectivity index (χ2v) is 11.1. The molecule has 1 atom stereocenters. The Morgan fingerprint density at radius 2 is 1.87 bits per heavy atom. The Kier molecular flexibility index (Phi) is 9.80. The number of carbonyl (C=O) groups is 2. The molecule has 174 valence electrons. The number of benzene rings is 1. The maximum atomic E-state index is 12.7. The first kappa shape index (κ1) is 25.6. The third-order valence-electron chi connectivity index (χ3n) is 5.59. The van der Waals surface area contributed by atoms with Crippen LogP contribution in [0.2, 0.25) is 0 Å². The smallest absolute Gasteiger partial charge is 0.243 e. The number of nitrogens with two attached hydrogens (primary N) is 1. The van der Waals surface area contributed by atoms with E-state index >= 15 is 0 Å². The number of thioether (sulfide) groups is 1. The number of likely N-dealkylation sites (N-methyl/N-ethyl adjacent to an activating group) is 1. The Hall–Kier alpha value is -1.62. The van der Waals surface area contributed by atoms with Crippen LogP contribution >= 0.6 is 11.8 Å². The first-order valence-corrected chi connectivity index (χ1v) is 13.5. The molecule has 1 aliphatic heterocycles. The van der Waals surface area contributed by atoms with Gasteiger partial charge in [0.25, 0.3) is 0 Å². The highest BCUT2D eigenvalue weighted by atomic mass is 32.2. The van der Waals surface area contributed by atoms with Gasteiger partial charge >= 0.3 is 0 Å². The normalized spacial score (nSPS) is 18.1. The van der Waals surface area contributed by atoms with E-state index in [9.17, 15) is 18.0 Å². The molecule has 0 radical (unpaired) electrons. The van der Waals surface area contributed by atoms with Crippen LogP contribution in [0.1, 0.15) is 24.8 Å². The van der Waals surface area contributed by atoms with E-state index in [2.05, 4.69) is 10.2 Å². The maximum absolute atomic E-state index is 12.7. The maximum Gasteiger partial charge on any atom is 0.243 e. The van der Waals surface area contributed by atoms with Gasteiger partial charge in [-0.2, -0.15) is 11.8 Å². The molecule has 0 bridgehead atoms. The van der Waals surface area contributed by atoms with Crippen LogP contribution in [-0.4, -0.2) is 86.0 Å². The Morgan fingerprint density at radius 3 is 2.52 bits per heavy atom. The van der Waals surface area contributed by atoms with Crippen LogP contribution in [0, 0.1) is 0 Å². The average Bonchev–Trinajstić information content (AvgIpc) is 2.96. The number of hydrogen-bond donors (Lipinski definition) is 2. The molecule has 0 aromatic heterocycles. The van der Waals surface area contributed by atoms with Gasteiger partial charge in [-0.25, -0.2) is 12.7 Å². The van der Waals surface area contributed by atoms with Crippen LogP contribution in [0.4, 0.5) is 0 Å². The van der Waals surface area contributed by atoms with E-state index in [1.165, 1.54) is 4.31 Å². The minimum Gasteiger partial charge on any atom is -0.368 e. The largest absolute Gasteiger partial charge is 0.368 e. The number of nitrogens with zero attached hydrogens (tertiary/aromatic N) is 2. The van der Waals surface area contributed by atoms with Crippen LogP contribution < -0.4 is 11.1 Å². The molecule has 0 unspecified atom stereocenters. The fourth-order valence-electron chi connectivity index (χ4n) is 3.67. The molecule has 2 amide bonds. The van der Waals surface area contributed by atoms with E-state index in [0.29, 0.717) is 31.8 Å². The average molecular weight is 471 g/mol. The molecule has 0 saturated carbocycles. The third-order valence-corrected chi connectivity index (χ3v) is 8.08. The quantitative estimate of drug-likeness (QED) is 0.492. The van der Waals surface area contributed by atoms with Crippen molar-refractivity contribution >= 4 is 33.6 Å². The third kappa shape index (κ3) is 7.78. The topological polar surface area (TPSA) is 113 Å². The van der Waals surface area contributed by atoms with Crippen LogP contribution in [0.25, 0.3) is 0 Å². The van der Waals surface area contributed by atoms with Gasteiger partial charge in [0.05, 0.1) is 5.75 Å². The molecule has 1 aliphatic rings. The van der Waals surface area contributed by atoms with E-state index in [-0.39, 0.29) is 18.6 Å². The highest BCUT2D eigenvalue weighted by molar-refractivity contribution is 7.98. The number of amides is 2. The zero-order valence-corrected chi connectivity index (χ0v) is 20.0. The molecule has 3 N–H and O–H groups in total. The number of sulfonamides is 1. The fraction of sp³-hybridized carbons (Fsp3) is 0.619. The first-order chi connectivity index (χ1) is 14.7. The van der Waals surface area contributed by atoms with E-state index < -0.39 is 27.4 Å². The predicted molar refractivity (Wildman–Crippen MR) is 125 cm³/mol. The molecule has 1 heterocycles. The zero-order chi connectivity index (χ0) is 22.9. The van der Waals surface area contributed by atoms with E-state index in [0.717, 1.165) is 18.5 Å². The number of nitrogens with one attached hydrogen (secondary N) is 1. The molecule has 0 spiro atoms. The van der Waals surface area contributed by atoms with Crippen LogP contribution in [-0.2, 0) is 26.0 Å². The van der Waals surface area contributed by atoms with Gasteiger partial charge in [-0.1, -0.05) is 30.3 Å². The van der Waals surface area contributed by atoms with E-state index in [4.69, 9.17) is 5.73 Å². The predicted octanol–water partition coefficient (Wildman–Crippen LogP) is 0.680. The molecular formula is C21H34N4O4S2. The lowest BCUT2D eigenvalue weighted by molar-refractivity contribution is -0.131. The van der Waals surface area contributed by atoms with Gasteiger partial charge in [0.15, 0.2) is 0 Å². The summed E-state index contributed by atoms with van der Waals surface area (Å²) in [6.45, 7) is 2.40. The summed E-state index contributed by atoms with van der Waals surface area (Å²) in [5.41, 5.74) is 5.37. The van der Waals surface area contributed by atoms with Gasteiger partial charge in [0, 0.05) is 32.5 Å². The molecule has 1 aromatic rings. The number of hydrogen-bond acceptors (Lipinski definition) is 6. The number of primary amides is 1. The molecule has 31 heavy (non-hydrogen) atoms. The SMILES string of the molecule is CSCC[C@](Cc1ccccc1)(NC(=O)CCS(=O)(=O)N1CCCN(C)CC1)C(N)=O. The summed E-state index contributed by atoms with van der Waals surface area (Å²) >= 11 is 1.56. The summed E-state index contributed by atoms with van der Waals surface area (Å²) < 4.78 is 27.0. The molecule has 8 nitrogen and oxygen atoms in total. The van der Waals surface area contributed by atoms with Gasteiger partial charge in [0.2, 0.25) is 21.8 Å². The van der Waals surface area contributed by atoms with Crippen LogP contribution in [0.3, 0.4) is 0 Å². The van der Waals surface area contributed by atoms with E-state index in [1.54, 1.807) is 11.8 Å². The molecule has 1 aromatic carbocycles. The summed E-state index contributed by atoms with van der Waals surface area (Å²) in [6.07, 6.45) is 3.10. The highest BCUT2D eigenvalue weighted by Gasteiger charge is 2.38. The Labute approximate surface area is 190 Å². The first-order valence-electron chi connectivity index (χ1n) is 10.5. The van der Waals surface area contributed by atoms with Crippen molar-refractivity contribution in [1.82, 2.24) is 14.5 Å². The number of carbonyl (C=O) groups excluding carboxylic acids is 2. The molecule has 0 aliphatic carbocycles. The minimum absolute atomic E-state index is 0.211. The molecule has 1 fully saturated rings. The van der Waals surface area contributed by atoms with Gasteiger partial charge in [0.1, 0.15) is 5.54 Å². The number of rotatable bonds is 11. The van der Waals surface area contributed by atoms with Crippen molar-refractivity contribution < 1.29 is 18.0 Å². The van der Waals surface area contributed by atoms with Crippen molar-refractivity contribution in [3.63, 3.8) is 0 Å². The highest BCUT2D eigenvalue weighted by Crippen LogP contribution is 2.21. The Morgan fingerprint density at radius 1 is 1.16 bits per heavy atom. The van der Waals surface area contributed by atoms with Crippen molar-refractivity contribution in [1.29, 1.82) is 0 Å². The second-order valence-electron chi connectivity index (χ2n) is 8.02. The molecule has 1 saturated heterocycles. The van der Waals surface area contributed by atoms with Gasteiger partial charge in [-0.3, -0.25) is 9.59 Å². The lowest BCUT2D eigenvalue weighted by Crippen LogP contribution is -2.59. The lowest BCUT2D eigenvalue weighted by atomic mass is 9.87. The summed E-state index contributed by atoms with van der Waals surface area (Å²) in [5.74, 6) is -0.746. The molecule has 10 heteroatoms. The Bertz CT molecular complexity index is 835. The van der Waals surface area contributed by atoms with Crippen molar-refractivity contribution in [2.75, 3.05) is 51.0 Å². The van der Waals surface area contributed by atoms with E-state index in [1.807, 2.05) is 43.6 Å². The van der Waals surface area contributed by atoms with Gasteiger partial charge in [-0.05, 0) is 44.0 Å². The summed E-state index contributed by atoms with van der Waals surface area (Å²) in [7, 11) is -1.58. The zero-order valence-electron chi connectivity index (χ0n) is 18.4. The lowest BCUT2D eigenvalue weighted by Gasteiger charge is -2.32. The summed E-state index contributed by atoms with van der Waals surface area (Å²) in [6, 6.07) is 9.36.